The molecule has 0 aromatic heterocycles. The maximum absolute atomic E-state index is 8.98. The van der Waals surface area contributed by atoms with E-state index in [2.05, 4.69) is 38.1 Å². The molecular weight excluding hydrogens is 172 g/mol. The van der Waals surface area contributed by atoms with E-state index < -0.39 is 0 Å². The molecule has 0 radical (unpaired) electrons. The van der Waals surface area contributed by atoms with Gasteiger partial charge in [0.1, 0.15) is 0 Å². The molecule has 0 bridgehead atoms. The third-order valence-electron chi connectivity index (χ3n) is 3.19. The van der Waals surface area contributed by atoms with Gasteiger partial charge in [0.15, 0.2) is 0 Å². The first kappa shape index (κ1) is 9.72. The van der Waals surface area contributed by atoms with Crippen LogP contribution in [0.25, 0.3) is 0 Å². The molecule has 2 rings (SSSR count). The number of rotatable bonds is 3. The summed E-state index contributed by atoms with van der Waals surface area (Å²) < 4.78 is 0. The molecule has 76 valence electrons. The fraction of sp³-hybridized carbons (Fsp3) is 0.538. The molecule has 0 heterocycles. The van der Waals surface area contributed by atoms with E-state index >= 15 is 0 Å². The fourth-order valence-electron chi connectivity index (χ4n) is 1.99. The van der Waals surface area contributed by atoms with Gasteiger partial charge in [0.2, 0.25) is 0 Å². The van der Waals surface area contributed by atoms with Crippen LogP contribution < -0.4 is 0 Å². The summed E-state index contributed by atoms with van der Waals surface area (Å²) in [6.07, 6.45) is 1.16. The van der Waals surface area contributed by atoms with Crippen LogP contribution in [0.2, 0.25) is 0 Å². The Morgan fingerprint density at radius 1 is 1.29 bits per heavy atom. The molecule has 14 heavy (non-hydrogen) atoms. The third kappa shape index (κ3) is 1.83. The van der Waals surface area contributed by atoms with Crippen molar-refractivity contribution >= 4 is 0 Å². The topological polar surface area (TPSA) is 20.2 Å². The van der Waals surface area contributed by atoms with Crippen LogP contribution in [0.3, 0.4) is 0 Å². The average molecular weight is 190 g/mol. The molecule has 1 aliphatic rings. The second-order valence-corrected chi connectivity index (χ2v) is 4.61. The molecule has 2 atom stereocenters. The van der Waals surface area contributed by atoms with Crippen molar-refractivity contribution in [1.29, 1.82) is 0 Å². The van der Waals surface area contributed by atoms with E-state index in [1.165, 1.54) is 11.1 Å². The molecule has 1 aromatic rings. The van der Waals surface area contributed by atoms with Gasteiger partial charge in [-0.05, 0) is 35.3 Å². The van der Waals surface area contributed by atoms with Crippen LogP contribution >= 0.6 is 0 Å². The second-order valence-electron chi connectivity index (χ2n) is 4.61. The Morgan fingerprint density at radius 2 is 1.93 bits per heavy atom. The molecule has 1 N–H and O–H groups in total. The van der Waals surface area contributed by atoms with E-state index in [1.54, 1.807) is 0 Å². The first-order valence-electron chi connectivity index (χ1n) is 5.43. The lowest BCUT2D eigenvalue weighted by Gasteiger charge is -2.06. The molecule has 0 amide bonds. The van der Waals surface area contributed by atoms with E-state index in [0.717, 1.165) is 6.42 Å². The minimum Gasteiger partial charge on any atom is -0.396 e. The van der Waals surface area contributed by atoms with Gasteiger partial charge in [-0.2, -0.15) is 0 Å². The highest BCUT2D eigenvalue weighted by atomic mass is 16.3. The van der Waals surface area contributed by atoms with Gasteiger partial charge in [0, 0.05) is 6.61 Å². The van der Waals surface area contributed by atoms with Gasteiger partial charge >= 0.3 is 0 Å². The van der Waals surface area contributed by atoms with Gasteiger partial charge in [-0.3, -0.25) is 0 Å². The van der Waals surface area contributed by atoms with E-state index in [-0.39, 0.29) is 0 Å². The Bertz CT molecular complexity index is 300. The van der Waals surface area contributed by atoms with E-state index in [0.29, 0.717) is 24.4 Å². The number of aliphatic hydroxyl groups excluding tert-OH is 1. The maximum atomic E-state index is 8.98. The van der Waals surface area contributed by atoms with Crippen molar-refractivity contribution in [2.45, 2.75) is 32.1 Å². The minimum absolute atomic E-state index is 0.344. The Kier molecular flexibility index (Phi) is 2.60. The van der Waals surface area contributed by atoms with Crippen LogP contribution in [-0.4, -0.2) is 11.7 Å². The minimum atomic E-state index is 0.344. The van der Waals surface area contributed by atoms with Crippen molar-refractivity contribution in [1.82, 2.24) is 0 Å². The standard InChI is InChI=1S/C13H18O/c1-9(2)10-3-5-11(6-4-10)13-7-12(13)8-14/h3-6,9,12-14H,7-8H2,1-2H3/t12-,13-/m0/s1. The van der Waals surface area contributed by atoms with Crippen LogP contribution in [0.1, 0.15) is 43.2 Å². The Labute approximate surface area is 85.8 Å². The molecule has 1 saturated carbocycles. The number of hydrogen-bond donors (Lipinski definition) is 1. The zero-order chi connectivity index (χ0) is 10.1. The normalized spacial score (nSPS) is 25.4. The van der Waals surface area contributed by atoms with Crippen LogP contribution in [0.4, 0.5) is 0 Å². The Balaban J connectivity index is 2.08. The van der Waals surface area contributed by atoms with Crippen LogP contribution in [0.5, 0.6) is 0 Å². The summed E-state index contributed by atoms with van der Waals surface area (Å²) >= 11 is 0. The van der Waals surface area contributed by atoms with Gasteiger partial charge in [-0.15, -0.1) is 0 Å². The highest BCUT2D eigenvalue weighted by Gasteiger charge is 2.37. The van der Waals surface area contributed by atoms with Gasteiger partial charge in [0.05, 0.1) is 0 Å². The van der Waals surface area contributed by atoms with Crippen molar-refractivity contribution in [3.05, 3.63) is 35.4 Å². The summed E-state index contributed by atoms with van der Waals surface area (Å²) in [7, 11) is 0. The Hall–Kier alpha value is -0.820. The summed E-state index contributed by atoms with van der Waals surface area (Å²) in [6.45, 7) is 4.77. The molecule has 0 aliphatic heterocycles. The monoisotopic (exact) mass is 190 g/mol. The lowest BCUT2D eigenvalue weighted by molar-refractivity contribution is 0.274. The molecule has 1 fully saturated rings. The largest absolute Gasteiger partial charge is 0.396 e. The quantitative estimate of drug-likeness (QED) is 0.777. The van der Waals surface area contributed by atoms with Gasteiger partial charge < -0.3 is 5.11 Å². The first-order valence-corrected chi connectivity index (χ1v) is 5.43. The van der Waals surface area contributed by atoms with E-state index in [9.17, 15) is 0 Å². The highest BCUT2D eigenvalue weighted by molar-refractivity contribution is 5.30. The van der Waals surface area contributed by atoms with E-state index in [1.807, 2.05) is 0 Å². The predicted octanol–water partition coefficient (Wildman–Crippen LogP) is 2.91. The maximum Gasteiger partial charge on any atom is 0.0465 e. The first-order chi connectivity index (χ1) is 6.72. The van der Waals surface area contributed by atoms with Gasteiger partial charge in [-0.25, -0.2) is 0 Å². The second kappa shape index (κ2) is 3.74. The van der Waals surface area contributed by atoms with Crippen LogP contribution in [0.15, 0.2) is 24.3 Å². The molecular formula is C13H18O. The van der Waals surface area contributed by atoms with Crippen molar-refractivity contribution in [3.8, 4) is 0 Å². The van der Waals surface area contributed by atoms with Crippen molar-refractivity contribution < 1.29 is 5.11 Å². The zero-order valence-electron chi connectivity index (χ0n) is 8.90. The number of hydrogen-bond acceptors (Lipinski definition) is 1. The molecule has 0 spiro atoms. The lowest BCUT2D eigenvalue weighted by atomic mass is 10.00. The highest BCUT2D eigenvalue weighted by Crippen LogP contribution is 2.46. The summed E-state index contributed by atoms with van der Waals surface area (Å²) in [5.74, 6) is 1.76. The average Bonchev–Trinajstić information content (AvgIpc) is 2.97. The SMILES string of the molecule is CC(C)c1ccc([C@@H]2C[C@H]2CO)cc1. The zero-order valence-corrected chi connectivity index (χ0v) is 8.90. The molecule has 1 aromatic carbocycles. The van der Waals surface area contributed by atoms with E-state index in [4.69, 9.17) is 5.11 Å². The van der Waals surface area contributed by atoms with Crippen molar-refractivity contribution in [2.24, 2.45) is 5.92 Å². The molecule has 0 saturated heterocycles. The van der Waals surface area contributed by atoms with Crippen molar-refractivity contribution in [3.63, 3.8) is 0 Å². The summed E-state index contributed by atoms with van der Waals surface area (Å²) in [5, 5.41) is 8.98. The summed E-state index contributed by atoms with van der Waals surface area (Å²) in [5.41, 5.74) is 2.79. The van der Waals surface area contributed by atoms with Crippen molar-refractivity contribution in [2.75, 3.05) is 6.61 Å². The molecule has 0 unspecified atom stereocenters. The molecule has 1 heteroatoms. The molecule has 1 nitrogen and oxygen atoms in total. The predicted molar refractivity (Wildman–Crippen MR) is 58.5 cm³/mol. The Morgan fingerprint density at radius 3 is 2.36 bits per heavy atom. The summed E-state index contributed by atoms with van der Waals surface area (Å²) in [6, 6.07) is 8.87. The van der Waals surface area contributed by atoms with Crippen LogP contribution in [-0.2, 0) is 0 Å². The third-order valence-corrected chi connectivity index (χ3v) is 3.19. The smallest absolute Gasteiger partial charge is 0.0465 e. The van der Waals surface area contributed by atoms with Crippen LogP contribution in [0, 0.1) is 5.92 Å². The number of aliphatic hydroxyl groups is 1. The summed E-state index contributed by atoms with van der Waals surface area (Å²) in [4.78, 5) is 0. The van der Waals surface area contributed by atoms with Gasteiger partial charge in [-0.1, -0.05) is 38.1 Å². The molecule has 1 aliphatic carbocycles. The lowest BCUT2D eigenvalue weighted by Crippen LogP contribution is -1.90. The number of benzene rings is 1. The van der Waals surface area contributed by atoms with Gasteiger partial charge in [0.25, 0.3) is 0 Å². The fourth-order valence-corrected chi connectivity index (χ4v) is 1.99.